The molecule has 0 unspecified atom stereocenters. The van der Waals surface area contributed by atoms with Crippen molar-refractivity contribution in [2.75, 3.05) is 5.32 Å². The van der Waals surface area contributed by atoms with Gasteiger partial charge in [0.2, 0.25) is 10.9 Å². The number of amides is 2. The quantitative estimate of drug-likeness (QED) is 0.776. The second-order valence-electron chi connectivity index (χ2n) is 6.37. The molecule has 2 amide bonds. The molecule has 0 bridgehead atoms. The van der Waals surface area contributed by atoms with Gasteiger partial charge in [0.15, 0.2) is 0 Å². The van der Waals surface area contributed by atoms with Crippen molar-refractivity contribution in [2.24, 2.45) is 0 Å². The van der Waals surface area contributed by atoms with Crippen molar-refractivity contribution in [1.29, 1.82) is 0 Å². The Morgan fingerprint density at radius 1 is 1.23 bits per heavy atom. The topological polar surface area (TPSA) is 84.0 Å². The average molecular weight is 376 g/mol. The molecule has 138 valence electrons. The molecule has 1 aliphatic rings. The fraction of sp³-hybridized carbons (Fsp3) is 0.444. The maximum Gasteiger partial charge on any atom is 0.286 e. The predicted molar refractivity (Wildman–Crippen MR) is 97.6 cm³/mol. The van der Waals surface area contributed by atoms with Crippen LogP contribution in [-0.2, 0) is 11.2 Å². The predicted octanol–water partition coefficient (Wildman–Crippen LogP) is 3.31. The van der Waals surface area contributed by atoms with Crippen LogP contribution in [0.25, 0.3) is 0 Å². The van der Waals surface area contributed by atoms with Crippen molar-refractivity contribution in [3.05, 3.63) is 40.1 Å². The van der Waals surface area contributed by atoms with Gasteiger partial charge in [-0.25, -0.2) is 4.39 Å². The van der Waals surface area contributed by atoms with Crippen molar-refractivity contribution in [3.8, 4) is 0 Å². The minimum absolute atomic E-state index is 0.0745. The van der Waals surface area contributed by atoms with Crippen LogP contribution in [0.2, 0.25) is 0 Å². The molecule has 1 fully saturated rings. The number of carbonyl (C=O) groups is 2. The first-order chi connectivity index (χ1) is 12.6. The largest absolute Gasteiger partial charge is 0.353 e. The third kappa shape index (κ3) is 5.32. The van der Waals surface area contributed by atoms with Gasteiger partial charge >= 0.3 is 0 Å². The third-order valence-corrected chi connectivity index (χ3v) is 5.24. The van der Waals surface area contributed by atoms with Gasteiger partial charge in [-0.3, -0.25) is 9.59 Å². The van der Waals surface area contributed by atoms with Crippen LogP contribution in [0.3, 0.4) is 0 Å². The summed E-state index contributed by atoms with van der Waals surface area (Å²) in [4.78, 5) is 24.0. The van der Waals surface area contributed by atoms with E-state index in [2.05, 4.69) is 20.8 Å². The molecule has 0 radical (unpaired) electrons. The number of benzene rings is 1. The van der Waals surface area contributed by atoms with E-state index in [9.17, 15) is 14.0 Å². The summed E-state index contributed by atoms with van der Waals surface area (Å²) in [6, 6.07) is 6.01. The number of hydrogen-bond donors (Lipinski definition) is 2. The van der Waals surface area contributed by atoms with E-state index in [-0.39, 0.29) is 10.9 Å². The molecule has 1 aliphatic carbocycles. The van der Waals surface area contributed by atoms with Gasteiger partial charge in [0, 0.05) is 24.6 Å². The van der Waals surface area contributed by atoms with Crippen LogP contribution in [0.15, 0.2) is 24.3 Å². The lowest BCUT2D eigenvalue weighted by atomic mass is 10.2. The first-order valence-corrected chi connectivity index (χ1v) is 9.60. The molecule has 2 aromatic rings. The van der Waals surface area contributed by atoms with E-state index >= 15 is 0 Å². The molecule has 6 nitrogen and oxygen atoms in total. The zero-order valence-electron chi connectivity index (χ0n) is 14.3. The molecule has 1 saturated carbocycles. The number of nitrogens with zero attached hydrogens (tertiary/aromatic N) is 2. The second-order valence-corrected chi connectivity index (χ2v) is 7.43. The van der Waals surface area contributed by atoms with Gasteiger partial charge in [-0.15, -0.1) is 10.2 Å². The van der Waals surface area contributed by atoms with Crippen molar-refractivity contribution in [2.45, 2.75) is 51.0 Å². The van der Waals surface area contributed by atoms with Gasteiger partial charge in [0.1, 0.15) is 10.8 Å². The molecule has 0 atom stereocenters. The van der Waals surface area contributed by atoms with E-state index in [1.807, 2.05) is 0 Å². The maximum atomic E-state index is 13.1. The fourth-order valence-electron chi connectivity index (χ4n) is 2.97. The average Bonchev–Trinajstić information content (AvgIpc) is 3.27. The summed E-state index contributed by atoms with van der Waals surface area (Å²) in [5.41, 5.74) is 0.371. The summed E-state index contributed by atoms with van der Waals surface area (Å²) in [6.45, 7) is 0. The molecular weight excluding hydrogens is 355 g/mol. The number of carbonyl (C=O) groups excluding carboxylic acids is 2. The van der Waals surface area contributed by atoms with Crippen molar-refractivity contribution >= 4 is 28.8 Å². The van der Waals surface area contributed by atoms with E-state index < -0.39 is 11.7 Å². The standard InChI is InChI=1S/C18H21FN4O2S/c19-12-5-3-8-14(11-12)21-17(25)18-23-22-16(26-18)10-4-9-15(24)20-13-6-1-2-7-13/h3,5,8,11,13H,1-2,4,6-7,9-10H2,(H,20,24)(H,21,25). The van der Waals surface area contributed by atoms with E-state index in [1.165, 1.54) is 42.4 Å². The highest BCUT2D eigenvalue weighted by Crippen LogP contribution is 2.18. The fourth-order valence-corrected chi connectivity index (χ4v) is 3.74. The summed E-state index contributed by atoms with van der Waals surface area (Å²) in [6.07, 6.45) is 6.24. The van der Waals surface area contributed by atoms with Crippen molar-refractivity contribution < 1.29 is 14.0 Å². The van der Waals surface area contributed by atoms with Crippen LogP contribution in [0.1, 0.15) is 53.3 Å². The molecule has 0 spiro atoms. The Hall–Kier alpha value is -2.35. The Kier molecular flexibility index (Phi) is 6.27. The number of aryl methyl sites for hydroxylation is 1. The Morgan fingerprint density at radius 2 is 2.04 bits per heavy atom. The molecular formula is C18H21FN4O2S. The first-order valence-electron chi connectivity index (χ1n) is 8.79. The second kappa shape index (κ2) is 8.84. The molecule has 3 rings (SSSR count). The van der Waals surface area contributed by atoms with Crippen LogP contribution in [0.4, 0.5) is 10.1 Å². The molecule has 1 aromatic carbocycles. The number of rotatable bonds is 7. The summed E-state index contributed by atoms with van der Waals surface area (Å²) in [5, 5.41) is 14.5. The zero-order chi connectivity index (χ0) is 18.4. The van der Waals surface area contributed by atoms with E-state index in [4.69, 9.17) is 0 Å². The van der Waals surface area contributed by atoms with E-state index in [0.29, 0.717) is 36.0 Å². The zero-order valence-corrected chi connectivity index (χ0v) is 15.2. The van der Waals surface area contributed by atoms with Crippen molar-refractivity contribution in [1.82, 2.24) is 15.5 Å². The number of anilines is 1. The van der Waals surface area contributed by atoms with Crippen LogP contribution in [-0.4, -0.2) is 28.1 Å². The first kappa shape index (κ1) is 18.4. The number of hydrogen-bond acceptors (Lipinski definition) is 5. The van der Waals surface area contributed by atoms with Gasteiger partial charge in [-0.05, 0) is 37.5 Å². The lowest BCUT2D eigenvalue weighted by molar-refractivity contribution is -0.121. The Labute approximate surface area is 155 Å². The summed E-state index contributed by atoms with van der Waals surface area (Å²) in [7, 11) is 0. The van der Waals surface area contributed by atoms with Crippen LogP contribution in [0.5, 0.6) is 0 Å². The minimum atomic E-state index is -0.420. The highest BCUT2D eigenvalue weighted by atomic mass is 32.1. The van der Waals surface area contributed by atoms with Gasteiger partial charge < -0.3 is 10.6 Å². The monoisotopic (exact) mass is 376 g/mol. The maximum absolute atomic E-state index is 13.1. The molecule has 26 heavy (non-hydrogen) atoms. The number of halogens is 1. The van der Waals surface area contributed by atoms with Crippen LogP contribution < -0.4 is 10.6 Å². The van der Waals surface area contributed by atoms with Crippen molar-refractivity contribution in [3.63, 3.8) is 0 Å². The lowest BCUT2D eigenvalue weighted by Gasteiger charge is -2.11. The van der Waals surface area contributed by atoms with Gasteiger partial charge in [-0.2, -0.15) is 0 Å². The normalized spacial score (nSPS) is 14.3. The molecule has 8 heteroatoms. The van der Waals surface area contributed by atoms with Gasteiger partial charge in [0.25, 0.3) is 5.91 Å². The SMILES string of the molecule is O=C(CCCc1nnc(C(=O)Nc2cccc(F)c2)s1)NC1CCCC1. The summed E-state index contributed by atoms with van der Waals surface area (Å²) < 4.78 is 13.1. The smallest absolute Gasteiger partial charge is 0.286 e. The molecule has 0 aliphatic heterocycles. The van der Waals surface area contributed by atoms with Crippen LogP contribution in [0, 0.1) is 5.82 Å². The Balaban J connectivity index is 1.43. The summed E-state index contributed by atoms with van der Waals surface area (Å²) in [5.74, 6) is -0.763. The Bertz CT molecular complexity index is 774. The minimum Gasteiger partial charge on any atom is -0.353 e. The highest BCUT2D eigenvalue weighted by molar-refractivity contribution is 7.13. The molecule has 0 saturated heterocycles. The third-order valence-electron chi connectivity index (χ3n) is 4.26. The van der Waals surface area contributed by atoms with Gasteiger partial charge in [-0.1, -0.05) is 30.2 Å². The highest BCUT2D eigenvalue weighted by Gasteiger charge is 2.17. The number of aromatic nitrogens is 2. The molecule has 2 N–H and O–H groups in total. The number of nitrogens with one attached hydrogen (secondary N) is 2. The van der Waals surface area contributed by atoms with E-state index in [0.717, 1.165) is 12.8 Å². The van der Waals surface area contributed by atoms with E-state index in [1.54, 1.807) is 6.07 Å². The lowest BCUT2D eigenvalue weighted by Crippen LogP contribution is -2.32. The molecule has 1 aromatic heterocycles. The molecule has 1 heterocycles. The summed E-state index contributed by atoms with van der Waals surface area (Å²) >= 11 is 1.19. The van der Waals surface area contributed by atoms with Crippen LogP contribution >= 0.6 is 11.3 Å². The van der Waals surface area contributed by atoms with Gasteiger partial charge in [0.05, 0.1) is 0 Å². The Morgan fingerprint density at radius 3 is 2.81 bits per heavy atom.